The van der Waals surface area contributed by atoms with Crippen LogP contribution in [0.5, 0.6) is 0 Å². The topological polar surface area (TPSA) is 72.9 Å². The van der Waals surface area contributed by atoms with Gasteiger partial charge in [0.05, 0.1) is 12.6 Å². The molecule has 1 aliphatic carbocycles. The Morgan fingerprint density at radius 3 is 2.29 bits per heavy atom. The molecular formula is C17H32ClN3O3. The number of likely N-dealkylation sites (tertiary alicyclic amines) is 1. The highest BCUT2D eigenvalue weighted by Gasteiger charge is 2.29. The third-order valence-corrected chi connectivity index (χ3v) is 5.39. The number of carboxylic acids is 1. The number of hydrogen-bond donors (Lipinski definition) is 2. The number of carbonyl (C=O) groups is 2. The van der Waals surface area contributed by atoms with Crippen LogP contribution in [0.25, 0.3) is 0 Å². The maximum Gasteiger partial charge on any atom is 0.317 e. The van der Waals surface area contributed by atoms with E-state index in [9.17, 15) is 9.59 Å². The molecule has 1 saturated carbocycles. The van der Waals surface area contributed by atoms with Crippen molar-refractivity contribution in [1.29, 1.82) is 0 Å². The summed E-state index contributed by atoms with van der Waals surface area (Å²) in [6.45, 7) is 3.78. The van der Waals surface area contributed by atoms with Gasteiger partial charge in [-0.2, -0.15) is 0 Å². The smallest absolute Gasteiger partial charge is 0.317 e. The summed E-state index contributed by atoms with van der Waals surface area (Å²) in [6, 6.07) is 0.566. The Morgan fingerprint density at radius 2 is 1.75 bits per heavy atom. The lowest BCUT2D eigenvalue weighted by Crippen LogP contribution is -2.53. The summed E-state index contributed by atoms with van der Waals surface area (Å²) in [5, 5.41) is 12.1. The Balaban J connectivity index is 0.00000288. The number of piperidine rings is 1. The molecule has 0 aromatic heterocycles. The zero-order valence-corrected chi connectivity index (χ0v) is 15.7. The molecule has 0 spiro atoms. The van der Waals surface area contributed by atoms with Gasteiger partial charge in [-0.25, -0.2) is 0 Å². The van der Waals surface area contributed by atoms with Crippen molar-refractivity contribution in [3.05, 3.63) is 0 Å². The van der Waals surface area contributed by atoms with E-state index in [0.29, 0.717) is 12.1 Å². The molecule has 1 aliphatic heterocycles. The largest absolute Gasteiger partial charge is 0.480 e. The molecule has 0 aromatic rings. The maximum atomic E-state index is 12.4. The van der Waals surface area contributed by atoms with Gasteiger partial charge < -0.3 is 10.4 Å². The first-order chi connectivity index (χ1) is 11.0. The van der Waals surface area contributed by atoms with E-state index in [2.05, 4.69) is 10.2 Å². The van der Waals surface area contributed by atoms with Crippen LogP contribution in [0.3, 0.4) is 0 Å². The predicted octanol–water partition coefficient (Wildman–Crippen LogP) is 1.73. The molecule has 0 radical (unpaired) electrons. The molecule has 1 atom stereocenters. The first kappa shape index (κ1) is 21.2. The molecule has 2 N–H and O–H groups in total. The third-order valence-electron chi connectivity index (χ3n) is 5.39. The average molecular weight is 362 g/mol. The molecule has 2 aliphatic rings. The summed E-state index contributed by atoms with van der Waals surface area (Å²) >= 11 is 0. The molecule has 0 aromatic carbocycles. The second-order valence-corrected chi connectivity index (χ2v) is 7.10. The molecule has 1 saturated heterocycles. The van der Waals surface area contributed by atoms with Crippen molar-refractivity contribution in [2.75, 3.05) is 26.7 Å². The highest BCUT2D eigenvalue weighted by molar-refractivity contribution is 5.85. The second kappa shape index (κ2) is 10.2. The SMILES string of the molecule is CC(C(=O)NC1CCCCC1)N1CCC(N(C)CC(=O)O)CC1.Cl. The summed E-state index contributed by atoms with van der Waals surface area (Å²) in [6.07, 6.45) is 7.80. The number of hydrogen-bond acceptors (Lipinski definition) is 4. The maximum absolute atomic E-state index is 12.4. The van der Waals surface area contributed by atoms with Gasteiger partial charge in [0.25, 0.3) is 0 Å². The van der Waals surface area contributed by atoms with E-state index in [1.165, 1.54) is 19.3 Å². The van der Waals surface area contributed by atoms with Crippen molar-refractivity contribution in [2.45, 2.75) is 70.0 Å². The van der Waals surface area contributed by atoms with Crippen LogP contribution < -0.4 is 5.32 Å². The van der Waals surface area contributed by atoms with Crippen LogP contribution in [0.15, 0.2) is 0 Å². The molecule has 1 unspecified atom stereocenters. The van der Waals surface area contributed by atoms with Crippen LogP contribution in [-0.4, -0.2) is 71.6 Å². The average Bonchev–Trinajstić information content (AvgIpc) is 2.54. The number of aliphatic carboxylic acids is 1. The van der Waals surface area contributed by atoms with Crippen LogP contribution in [-0.2, 0) is 9.59 Å². The predicted molar refractivity (Wildman–Crippen MR) is 96.6 cm³/mol. The van der Waals surface area contributed by atoms with Crippen LogP contribution >= 0.6 is 12.4 Å². The summed E-state index contributed by atoms with van der Waals surface area (Å²) in [7, 11) is 1.87. The number of nitrogens with zero attached hydrogens (tertiary/aromatic N) is 2. The Labute approximate surface area is 151 Å². The van der Waals surface area contributed by atoms with E-state index in [1.807, 2.05) is 18.9 Å². The number of carboxylic acid groups (broad SMARTS) is 1. The molecule has 7 heteroatoms. The number of amides is 1. The number of nitrogens with one attached hydrogen (secondary N) is 1. The number of carbonyl (C=O) groups excluding carboxylic acids is 1. The van der Waals surface area contributed by atoms with Crippen molar-refractivity contribution < 1.29 is 14.7 Å². The molecule has 2 fully saturated rings. The van der Waals surface area contributed by atoms with Crippen molar-refractivity contribution in [3.8, 4) is 0 Å². The van der Waals surface area contributed by atoms with E-state index < -0.39 is 5.97 Å². The van der Waals surface area contributed by atoms with Crippen molar-refractivity contribution in [3.63, 3.8) is 0 Å². The van der Waals surface area contributed by atoms with Crippen molar-refractivity contribution in [2.24, 2.45) is 0 Å². The minimum atomic E-state index is -0.782. The standard InChI is InChI=1S/C17H31N3O3.ClH/c1-13(17(23)18-14-6-4-3-5-7-14)20-10-8-15(9-11-20)19(2)12-16(21)22;/h13-15H,3-12H2,1-2H3,(H,18,23)(H,21,22);1H. The van der Waals surface area contributed by atoms with Crippen LogP contribution in [0.4, 0.5) is 0 Å². The Hall–Kier alpha value is -0.850. The first-order valence-corrected chi connectivity index (χ1v) is 8.94. The van der Waals surface area contributed by atoms with Crippen molar-refractivity contribution >= 4 is 24.3 Å². The molecule has 0 bridgehead atoms. The monoisotopic (exact) mass is 361 g/mol. The van der Waals surface area contributed by atoms with Crippen LogP contribution in [0.2, 0.25) is 0 Å². The fourth-order valence-corrected chi connectivity index (χ4v) is 3.79. The van der Waals surface area contributed by atoms with Gasteiger partial charge in [-0.3, -0.25) is 19.4 Å². The minimum absolute atomic E-state index is 0. The minimum Gasteiger partial charge on any atom is -0.480 e. The molecule has 6 nitrogen and oxygen atoms in total. The van der Waals surface area contributed by atoms with E-state index in [1.54, 1.807) is 0 Å². The van der Waals surface area contributed by atoms with Gasteiger partial charge in [0, 0.05) is 25.2 Å². The molecular weight excluding hydrogens is 330 g/mol. The van der Waals surface area contributed by atoms with Gasteiger partial charge in [0.15, 0.2) is 0 Å². The van der Waals surface area contributed by atoms with E-state index in [0.717, 1.165) is 38.8 Å². The molecule has 140 valence electrons. The van der Waals surface area contributed by atoms with E-state index in [-0.39, 0.29) is 30.9 Å². The zero-order chi connectivity index (χ0) is 16.8. The quantitative estimate of drug-likeness (QED) is 0.753. The van der Waals surface area contributed by atoms with Crippen molar-refractivity contribution in [1.82, 2.24) is 15.1 Å². The van der Waals surface area contributed by atoms with Gasteiger partial charge in [-0.1, -0.05) is 19.3 Å². The fraction of sp³-hybridized carbons (Fsp3) is 0.882. The Morgan fingerprint density at radius 1 is 1.17 bits per heavy atom. The van der Waals surface area contributed by atoms with Crippen LogP contribution in [0.1, 0.15) is 51.9 Å². The second-order valence-electron chi connectivity index (χ2n) is 7.10. The normalized spacial score (nSPS) is 22.0. The number of likely N-dealkylation sites (N-methyl/N-ethyl adjacent to an activating group) is 1. The summed E-state index contributed by atoms with van der Waals surface area (Å²) in [5.41, 5.74) is 0. The fourth-order valence-electron chi connectivity index (χ4n) is 3.79. The highest BCUT2D eigenvalue weighted by Crippen LogP contribution is 2.19. The number of halogens is 1. The molecule has 2 rings (SSSR count). The lowest BCUT2D eigenvalue weighted by Gasteiger charge is -2.38. The summed E-state index contributed by atoms with van der Waals surface area (Å²) < 4.78 is 0. The number of rotatable bonds is 6. The van der Waals surface area contributed by atoms with Crippen LogP contribution in [0, 0.1) is 0 Å². The van der Waals surface area contributed by atoms with E-state index in [4.69, 9.17) is 5.11 Å². The molecule has 1 amide bonds. The zero-order valence-electron chi connectivity index (χ0n) is 14.9. The van der Waals surface area contributed by atoms with Gasteiger partial charge in [-0.15, -0.1) is 12.4 Å². The van der Waals surface area contributed by atoms with Gasteiger partial charge in [0.2, 0.25) is 5.91 Å². The summed E-state index contributed by atoms with van der Waals surface area (Å²) in [4.78, 5) is 27.4. The molecule has 1 heterocycles. The first-order valence-electron chi connectivity index (χ1n) is 8.94. The lowest BCUT2D eigenvalue weighted by molar-refractivity contribution is -0.138. The third kappa shape index (κ3) is 6.22. The van der Waals surface area contributed by atoms with Gasteiger partial charge in [0.1, 0.15) is 0 Å². The van der Waals surface area contributed by atoms with E-state index >= 15 is 0 Å². The Kier molecular flexibility index (Phi) is 9.02. The van der Waals surface area contributed by atoms with Gasteiger partial charge >= 0.3 is 5.97 Å². The Bertz CT molecular complexity index is 408. The lowest BCUT2D eigenvalue weighted by atomic mass is 9.95. The highest BCUT2D eigenvalue weighted by atomic mass is 35.5. The van der Waals surface area contributed by atoms with Gasteiger partial charge in [-0.05, 0) is 39.7 Å². The molecule has 24 heavy (non-hydrogen) atoms. The summed E-state index contributed by atoms with van der Waals surface area (Å²) in [5.74, 6) is -0.635.